The summed E-state index contributed by atoms with van der Waals surface area (Å²) in [5.41, 5.74) is 2.62. The number of hydrogen-bond donors (Lipinski definition) is 1. The lowest BCUT2D eigenvalue weighted by Crippen LogP contribution is -2.52. The van der Waals surface area contributed by atoms with Crippen molar-refractivity contribution in [3.05, 3.63) is 45.5 Å². The molecule has 0 radical (unpaired) electrons. The number of anilines is 1. The van der Waals surface area contributed by atoms with Crippen LogP contribution in [0, 0.1) is 5.92 Å². The van der Waals surface area contributed by atoms with Gasteiger partial charge >= 0.3 is 0 Å². The lowest BCUT2D eigenvalue weighted by Gasteiger charge is -2.40. The number of carbonyl (C=O) groups excluding carboxylic acids is 1. The second-order valence-corrected chi connectivity index (χ2v) is 7.57. The van der Waals surface area contributed by atoms with E-state index in [4.69, 9.17) is 4.74 Å². The Labute approximate surface area is 163 Å². The van der Waals surface area contributed by atoms with Crippen molar-refractivity contribution in [2.24, 2.45) is 13.0 Å². The highest BCUT2D eigenvalue weighted by atomic mass is 16.5. The van der Waals surface area contributed by atoms with E-state index < -0.39 is 0 Å². The minimum Gasteiger partial charge on any atom is -0.496 e. The first-order chi connectivity index (χ1) is 13.5. The number of fused-ring (bicyclic) bond motifs is 1. The Hall–Kier alpha value is -2.90. The molecule has 8 nitrogen and oxygen atoms in total. The van der Waals surface area contributed by atoms with Gasteiger partial charge < -0.3 is 19.5 Å². The van der Waals surface area contributed by atoms with Crippen LogP contribution >= 0.6 is 0 Å². The number of aromatic nitrogens is 3. The minimum absolute atomic E-state index is 0.214. The van der Waals surface area contributed by atoms with Crippen LogP contribution in [0.25, 0.3) is 0 Å². The predicted octanol–water partition coefficient (Wildman–Crippen LogP) is 0.929. The molecular weight excluding hydrogens is 358 g/mol. The Kier molecular flexibility index (Phi) is 5.02. The van der Waals surface area contributed by atoms with Gasteiger partial charge in [-0.15, -0.1) is 5.10 Å². The van der Waals surface area contributed by atoms with E-state index in [-0.39, 0.29) is 11.5 Å². The van der Waals surface area contributed by atoms with E-state index in [9.17, 15) is 9.59 Å². The molecule has 2 aromatic rings. The molecule has 148 valence electrons. The maximum atomic E-state index is 12.5. The average Bonchev–Trinajstić information content (AvgIpc) is 2.68. The van der Waals surface area contributed by atoms with E-state index in [1.807, 2.05) is 0 Å². The number of ether oxygens (including phenoxy) is 1. The fourth-order valence-corrected chi connectivity index (χ4v) is 3.80. The molecule has 0 atom stereocenters. The van der Waals surface area contributed by atoms with Crippen LogP contribution in [-0.4, -0.2) is 47.4 Å². The molecule has 2 aliphatic rings. The van der Waals surface area contributed by atoms with E-state index in [2.05, 4.69) is 26.5 Å². The summed E-state index contributed by atoms with van der Waals surface area (Å²) in [5, 5.41) is 11.7. The first kappa shape index (κ1) is 18.5. The molecule has 8 heteroatoms. The predicted molar refractivity (Wildman–Crippen MR) is 105 cm³/mol. The summed E-state index contributed by atoms with van der Waals surface area (Å²) < 4.78 is 6.54. The Morgan fingerprint density at radius 2 is 2.04 bits per heavy atom. The molecule has 0 saturated carbocycles. The number of rotatable bonds is 5. The molecule has 28 heavy (non-hydrogen) atoms. The summed E-state index contributed by atoms with van der Waals surface area (Å²) in [4.78, 5) is 26.4. The second kappa shape index (κ2) is 7.61. The fourth-order valence-electron chi connectivity index (χ4n) is 3.80. The summed E-state index contributed by atoms with van der Waals surface area (Å²) in [5.74, 6) is 1.35. The zero-order chi connectivity index (χ0) is 19.7. The van der Waals surface area contributed by atoms with Crippen LogP contribution in [0.3, 0.4) is 0 Å². The molecule has 0 spiro atoms. The van der Waals surface area contributed by atoms with Crippen molar-refractivity contribution in [3.63, 3.8) is 0 Å². The van der Waals surface area contributed by atoms with Crippen molar-refractivity contribution < 1.29 is 9.53 Å². The van der Waals surface area contributed by atoms with Gasteiger partial charge in [0.2, 0.25) is 0 Å². The quantitative estimate of drug-likeness (QED) is 0.826. The zero-order valence-corrected chi connectivity index (χ0v) is 16.3. The molecule has 0 aromatic carbocycles. The minimum atomic E-state index is -0.237. The average molecular weight is 383 g/mol. The largest absolute Gasteiger partial charge is 0.496 e. The van der Waals surface area contributed by atoms with Crippen LogP contribution in [0.5, 0.6) is 5.75 Å². The van der Waals surface area contributed by atoms with Gasteiger partial charge in [-0.25, -0.2) is 0 Å². The summed E-state index contributed by atoms with van der Waals surface area (Å²) in [7, 11) is 3.07. The number of aryl methyl sites for hydroxylation is 3. The van der Waals surface area contributed by atoms with Gasteiger partial charge in [0.25, 0.3) is 11.5 Å². The third-order valence-corrected chi connectivity index (χ3v) is 5.54. The summed E-state index contributed by atoms with van der Waals surface area (Å²) >= 11 is 0. The number of nitrogens with one attached hydrogen (secondary N) is 1. The first-order valence-electron chi connectivity index (χ1n) is 9.68. The van der Waals surface area contributed by atoms with Crippen LogP contribution in [-0.2, 0) is 19.9 Å². The third kappa shape index (κ3) is 3.58. The molecular formula is C20H25N5O3. The van der Waals surface area contributed by atoms with Gasteiger partial charge in [-0.1, -0.05) is 0 Å². The van der Waals surface area contributed by atoms with Crippen molar-refractivity contribution in [1.82, 2.24) is 20.1 Å². The van der Waals surface area contributed by atoms with E-state index in [0.717, 1.165) is 37.4 Å². The maximum absolute atomic E-state index is 12.5. The smallest absolute Gasteiger partial charge is 0.256 e. The number of amides is 1. The van der Waals surface area contributed by atoms with Crippen LogP contribution in [0.4, 0.5) is 5.82 Å². The number of methoxy groups -OCH3 is 1. The standard InChI is InChI=1S/C20H25N5O3/c1-24-12-15(17(28-2)8-19(24)26)20(27)21-9-13-10-25(11-13)18-7-14-5-3-4-6-16(14)22-23-18/h7-8,12-13H,3-6,9-11H2,1-2H3,(H,21,27). The molecule has 1 N–H and O–H groups in total. The number of nitrogens with zero attached hydrogens (tertiary/aromatic N) is 4. The molecule has 1 amide bonds. The van der Waals surface area contributed by atoms with E-state index in [1.54, 1.807) is 7.05 Å². The lowest BCUT2D eigenvalue weighted by molar-refractivity contribution is 0.0940. The number of carbonyl (C=O) groups is 1. The number of hydrogen-bond acceptors (Lipinski definition) is 6. The fraction of sp³-hybridized carbons (Fsp3) is 0.500. The zero-order valence-electron chi connectivity index (χ0n) is 16.3. The third-order valence-electron chi connectivity index (χ3n) is 5.54. The lowest BCUT2D eigenvalue weighted by atomic mass is 9.95. The summed E-state index contributed by atoms with van der Waals surface area (Å²) in [6.07, 6.45) is 6.05. The van der Waals surface area contributed by atoms with Crippen molar-refractivity contribution in [3.8, 4) is 5.75 Å². The van der Waals surface area contributed by atoms with Gasteiger partial charge in [0.1, 0.15) is 5.75 Å². The summed E-state index contributed by atoms with van der Waals surface area (Å²) in [6, 6.07) is 3.50. The Morgan fingerprint density at radius 3 is 2.82 bits per heavy atom. The van der Waals surface area contributed by atoms with Crippen molar-refractivity contribution in [1.29, 1.82) is 0 Å². The molecule has 1 saturated heterocycles. The second-order valence-electron chi connectivity index (χ2n) is 7.57. The molecule has 3 heterocycles. The van der Waals surface area contributed by atoms with E-state index in [0.29, 0.717) is 23.8 Å². The van der Waals surface area contributed by atoms with Gasteiger partial charge in [0.15, 0.2) is 5.82 Å². The molecule has 1 aliphatic heterocycles. The van der Waals surface area contributed by atoms with E-state index >= 15 is 0 Å². The summed E-state index contributed by atoms with van der Waals surface area (Å²) in [6.45, 7) is 2.26. The van der Waals surface area contributed by atoms with E-state index in [1.165, 1.54) is 42.3 Å². The topological polar surface area (TPSA) is 89.4 Å². The van der Waals surface area contributed by atoms with Crippen LogP contribution in [0.2, 0.25) is 0 Å². The monoisotopic (exact) mass is 383 g/mol. The molecule has 1 aliphatic carbocycles. The van der Waals surface area contributed by atoms with Crippen molar-refractivity contribution in [2.45, 2.75) is 25.7 Å². The Bertz CT molecular complexity index is 949. The highest BCUT2D eigenvalue weighted by Crippen LogP contribution is 2.26. The Balaban J connectivity index is 1.33. The van der Waals surface area contributed by atoms with Gasteiger partial charge in [-0.05, 0) is 37.3 Å². The van der Waals surface area contributed by atoms with Gasteiger partial charge in [0, 0.05) is 44.9 Å². The SMILES string of the molecule is COc1cc(=O)n(C)cc1C(=O)NCC1CN(c2cc3c(nn2)CCCC3)C1. The normalized spacial score (nSPS) is 16.3. The van der Waals surface area contributed by atoms with Gasteiger partial charge in [-0.2, -0.15) is 5.10 Å². The van der Waals surface area contributed by atoms with Crippen molar-refractivity contribution >= 4 is 11.7 Å². The van der Waals surface area contributed by atoms with Gasteiger partial charge in [0.05, 0.1) is 18.4 Å². The first-order valence-corrected chi connectivity index (χ1v) is 9.68. The van der Waals surface area contributed by atoms with Crippen molar-refractivity contribution in [2.75, 3.05) is 31.6 Å². The number of pyridine rings is 1. The highest BCUT2D eigenvalue weighted by Gasteiger charge is 2.29. The maximum Gasteiger partial charge on any atom is 0.256 e. The molecule has 4 rings (SSSR count). The Morgan fingerprint density at radius 1 is 1.25 bits per heavy atom. The van der Waals surface area contributed by atoms with Gasteiger partial charge in [-0.3, -0.25) is 9.59 Å². The molecule has 1 fully saturated rings. The van der Waals surface area contributed by atoms with Crippen LogP contribution < -0.4 is 20.5 Å². The molecule has 0 bridgehead atoms. The molecule has 0 unspecified atom stereocenters. The highest BCUT2D eigenvalue weighted by molar-refractivity contribution is 5.96. The van der Waals surface area contributed by atoms with Crippen LogP contribution in [0.15, 0.2) is 23.1 Å². The van der Waals surface area contributed by atoms with Crippen LogP contribution in [0.1, 0.15) is 34.5 Å². The molecule has 2 aromatic heterocycles.